The van der Waals surface area contributed by atoms with Crippen molar-refractivity contribution in [3.8, 4) is 11.1 Å². The topological polar surface area (TPSA) is 38.1 Å². The second-order valence-corrected chi connectivity index (χ2v) is 8.61. The van der Waals surface area contributed by atoms with E-state index in [-0.39, 0.29) is 11.3 Å². The molecule has 0 atom stereocenters. The Balaban J connectivity index is 1.34. The molecule has 1 aliphatic heterocycles. The first-order valence-corrected chi connectivity index (χ1v) is 10.5. The maximum Gasteiger partial charge on any atom is 0.253 e. The van der Waals surface area contributed by atoms with Crippen molar-refractivity contribution >= 4 is 5.91 Å². The summed E-state index contributed by atoms with van der Waals surface area (Å²) in [7, 11) is 1.93. The van der Waals surface area contributed by atoms with E-state index < -0.39 is 0 Å². The van der Waals surface area contributed by atoms with Gasteiger partial charge in [0.2, 0.25) is 0 Å². The molecule has 4 heteroatoms. The third-order valence-electron chi connectivity index (χ3n) is 6.90. The lowest BCUT2D eigenvalue weighted by atomic mass is 9.74. The second-order valence-electron chi connectivity index (χ2n) is 8.61. The Kier molecular flexibility index (Phi) is 4.30. The van der Waals surface area contributed by atoms with Gasteiger partial charge < -0.3 is 4.90 Å². The smallest absolute Gasteiger partial charge is 0.253 e. The van der Waals surface area contributed by atoms with Gasteiger partial charge in [0.05, 0.1) is 5.69 Å². The van der Waals surface area contributed by atoms with Crippen LogP contribution in [0.2, 0.25) is 0 Å². The van der Waals surface area contributed by atoms with Crippen molar-refractivity contribution in [2.45, 2.75) is 38.0 Å². The van der Waals surface area contributed by atoms with E-state index in [4.69, 9.17) is 0 Å². The average molecular weight is 386 g/mol. The van der Waals surface area contributed by atoms with Crippen molar-refractivity contribution in [3.05, 3.63) is 77.1 Å². The van der Waals surface area contributed by atoms with E-state index >= 15 is 0 Å². The van der Waals surface area contributed by atoms with Crippen molar-refractivity contribution in [2.24, 2.45) is 7.05 Å². The number of fused-ring (bicyclic) bond motifs is 2. The zero-order valence-corrected chi connectivity index (χ0v) is 17.2. The second kappa shape index (κ2) is 6.87. The van der Waals surface area contributed by atoms with Crippen LogP contribution in [0.25, 0.3) is 11.1 Å². The maximum absolute atomic E-state index is 13.2. The Labute approximate surface area is 172 Å². The first-order valence-electron chi connectivity index (χ1n) is 10.5. The molecule has 0 unspecified atom stereocenters. The SMILES string of the molecule is Cc1nn(C)cc1-c1cccc(C(=O)N2CCC3(CCc4ccccc43)CC2)c1. The normalized spacial score (nSPS) is 17.5. The Hall–Kier alpha value is -2.88. The highest BCUT2D eigenvalue weighted by atomic mass is 16.2. The van der Waals surface area contributed by atoms with E-state index in [1.54, 1.807) is 0 Å². The summed E-state index contributed by atoms with van der Waals surface area (Å²) >= 11 is 0. The van der Waals surface area contributed by atoms with Gasteiger partial charge in [-0.15, -0.1) is 0 Å². The highest BCUT2D eigenvalue weighted by molar-refractivity contribution is 5.95. The van der Waals surface area contributed by atoms with Gasteiger partial charge in [0.15, 0.2) is 0 Å². The first kappa shape index (κ1) is 18.2. The molecule has 1 saturated heterocycles. The molecule has 3 aromatic rings. The molecule has 0 bridgehead atoms. The van der Waals surface area contributed by atoms with Gasteiger partial charge >= 0.3 is 0 Å². The van der Waals surface area contributed by atoms with Crippen LogP contribution in [-0.4, -0.2) is 33.7 Å². The van der Waals surface area contributed by atoms with Gasteiger partial charge in [0, 0.05) is 37.5 Å². The molecule has 1 aromatic heterocycles. The third kappa shape index (κ3) is 3.07. The van der Waals surface area contributed by atoms with Crippen molar-refractivity contribution in [3.63, 3.8) is 0 Å². The number of piperidine rings is 1. The lowest BCUT2D eigenvalue weighted by molar-refractivity contribution is 0.0666. The minimum Gasteiger partial charge on any atom is -0.339 e. The van der Waals surface area contributed by atoms with Gasteiger partial charge in [-0.25, -0.2) is 0 Å². The van der Waals surface area contributed by atoms with Gasteiger partial charge in [0.1, 0.15) is 0 Å². The van der Waals surface area contributed by atoms with Gasteiger partial charge in [-0.3, -0.25) is 9.48 Å². The zero-order chi connectivity index (χ0) is 20.0. The first-order chi connectivity index (χ1) is 14.1. The minimum atomic E-state index is 0.148. The van der Waals surface area contributed by atoms with Crippen LogP contribution < -0.4 is 0 Å². The van der Waals surface area contributed by atoms with Gasteiger partial charge in [-0.2, -0.15) is 5.10 Å². The minimum absolute atomic E-state index is 0.148. The number of likely N-dealkylation sites (tertiary alicyclic amines) is 1. The van der Waals surface area contributed by atoms with Crippen LogP contribution in [0, 0.1) is 6.92 Å². The molecule has 0 radical (unpaired) electrons. The summed E-state index contributed by atoms with van der Waals surface area (Å²) in [6, 6.07) is 16.9. The number of aromatic nitrogens is 2. The average Bonchev–Trinajstić information content (AvgIpc) is 3.28. The number of carbonyl (C=O) groups excluding carboxylic acids is 1. The quantitative estimate of drug-likeness (QED) is 0.651. The van der Waals surface area contributed by atoms with Crippen molar-refractivity contribution in [1.29, 1.82) is 0 Å². The molecule has 4 nitrogen and oxygen atoms in total. The van der Waals surface area contributed by atoms with Crippen LogP contribution in [-0.2, 0) is 18.9 Å². The van der Waals surface area contributed by atoms with Crippen molar-refractivity contribution < 1.29 is 4.79 Å². The maximum atomic E-state index is 13.2. The molecular weight excluding hydrogens is 358 g/mol. The van der Waals surface area contributed by atoms with Crippen LogP contribution >= 0.6 is 0 Å². The molecule has 2 aromatic carbocycles. The number of rotatable bonds is 2. The summed E-state index contributed by atoms with van der Waals surface area (Å²) in [5.74, 6) is 0.148. The molecule has 1 fully saturated rings. The highest BCUT2D eigenvalue weighted by Gasteiger charge is 2.41. The van der Waals surface area contributed by atoms with E-state index in [0.29, 0.717) is 0 Å². The molecule has 148 valence electrons. The summed E-state index contributed by atoms with van der Waals surface area (Å²) in [4.78, 5) is 15.3. The van der Waals surface area contributed by atoms with E-state index in [1.165, 1.54) is 24.0 Å². The van der Waals surface area contributed by atoms with E-state index in [0.717, 1.165) is 48.3 Å². The fraction of sp³-hybridized carbons (Fsp3) is 0.360. The molecule has 1 amide bonds. The van der Waals surface area contributed by atoms with Crippen molar-refractivity contribution in [2.75, 3.05) is 13.1 Å². The lowest BCUT2D eigenvalue weighted by Gasteiger charge is -2.40. The van der Waals surface area contributed by atoms with Gasteiger partial charge in [0.25, 0.3) is 5.91 Å². The number of hydrogen-bond donors (Lipinski definition) is 0. The standard InChI is InChI=1S/C25H27N3O/c1-18-22(17-27(2)26-18)20-7-5-8-21(16-20)24(29)28-14-12-25(13-15-28)11-10-19-6-3-4-9-23(19)25/h3-9,16-17H,10-15H2,1-2H3. The molecule has 2 heterocycles. The van der Waals surface area contributed by atoms with Crippen LogP contribution in [0.1, 0.15) is 46.4 Å². The highest BCUT2D eigenvalue weighted by Crippen LogP contribution is 2.46. The summed E-state index contributed by atoms with van der Waals surface area (Å²) in [5, 5.41) is 4.43. The lowest BCUT2D eigenvalue weighted by Crippen LogP contribution is -2.44. The Morgan fingerprint density at radius 1 is 1.03 bits per heavy atom. The number of nitrogens with zero attached hydrogens (tertiary/aromatic N) is 3. The molecule has 2 aliphatic rings. The predicted octanol–water partition coefficient (Wildman–Crippen LogP) is 4.52. The Morgan fingerprint density at radius 3 is 2.59 bits per heavy atom. The molecule has 1 spiro atoms. The van der Waals surface area contributed by atoms with Crippen molar-refractivity contribution in [1.82, 2.24) is 14.7 Å². The predicted molar refractivity (Wildman–Crippen MR) is 115 cm³/mol. The van der Waals surface area contributed by atoms with Crippen LogP contribution in [0.5, 0.6) is 0 Å². The molecule has 0 N–H and O–H groups in total. The number of aryl methyl sites for hydroxylation is 3. The van der Waals surface area contributed by atoms with E-state index in [2.05, 4.69) is 35.4 Å². The fourth-order valence-corrected chi connectivity index (χ4v) is 5.31. The monoisotopic (exact) mass is 385 g/mol. The molecular formula is C25H27N3O. The largest absolute Gasteiger partial charge is 0.339 e. The number of hydrogen-bond acceptors (Lipinski definition) is 2. The fourth-order valence-electron chi connectivity index (χ4n) is 5.31. The molecule has 1 aliphatic carbocycles. The Bertz CT molecular complexity index is 1070. The molecule has 0 saturated carbocycles. The summed E-state index contributed by atoms with van der Waals surface area (Å²) in [6.45, 7) is 3.68. The third-order valence-corrected chi connectivity index (χ3v) is 6.90. The zero-order valence-electron chi connectivity index (χ0n) is 17.2. The summed E-state index contributed by atoms with van der Waals surface area (Å²) in [5.41, 5.74) is 7.21. The Morgan fingerprint density at radius 2 is 1.83 bits per heavy atom. The number of carbonyl (C=O) groups is 1. The summed E-state index contributed by atoms with van der Waals surface area (Å²) in [6.07, 6.45) is 6.55. The van der Waals surface area contributed by atoms with Crippen LogP contribution in [0.4, 0.5) is 0 Å². The molecule has 5 rings (SSSR count). The van der Waals surface area contributed by atoms with Crippen LogP contribution in [0.3, 0.4) is 0 Å². The van der Waals surface area contributed by atoms with E-state index in [9.17, 15) is 4.79 Å². The van der Waals surface area contributed by atoms with Crippen LogP contribution in [0.15, 0.2) is 54.7 Å². The molecule has 29 heavy (non-hydrogen) atoms. The number of amides is 1. The van der Waals surface area contributed by atoms with Gasteiger partial charge in [-0.05, 0) is 66.8 Å². The number of benzene rings is 2. The summed E-state index contributed by atoms with van der Waals surface area (Å²) < 4.78 is 1.82. The van der Waals surface area contributed by atoms with E-state index in [1.807, 2.05) is 47.9 Å². The van der Waals surface area contributed by atoms with Gasteiger partial charge in [-0.1, -0.05) is 36.4 Å².